The van der Waals surface area contributed by atoms with Gasteiger partial charge in [0, 0.05) is 17.7 Å². The maximum atomic E-state index is 11.6. The Labute approximate surface area is 94.1 Å². The zero-order chi connectivity index (χ0) is 11.1. The van der Waals surface area contributed by atoms with Gasteiger partial charge >= 0.3 is 0 Å². The van der Waals surface area contributed by atoms with Gasteiger partial charge in [-0.1, -0.05) is 30.3 Å². The molecule has 15 heavy (non-hydrogen) atoms. The molecule has 0 heterocycles. The standard InChI is InChI=1S/C12H14O2S/c1-10(13)7-8-15-9-12(14)11-5-3-2-4-6-11/h2-6H,7-9H2,1H3. The fourth-order valence-corrected chi connectivity index (χ4v) is 2.02. The van der Waals surface area contributed by atoms with Crippen LogP contribution in [0.3, 0.4) is 0 Å². The van der Waals surface area contributed by atoms with Gasteiger partial charge < -0.3 is 0 Å². The van der Waals surface area contributed by atoms with Gasteiger partial charge in [-0.2, -0.15) is 11.8 Å². The third-order valence-electron chi connectivity index (χ3n) is 1.93. The summed E-state index contributed by atoms with van der Waals surface area (Å²) in [5.74, 6) is 1.49. The minimum atomic E-state index is 0.129. The second-order valence-electron chi connectivity index (χ2n) is 3.29. The zero-order valence-electron chi connectivity index (χ0n) is 8.73. The fourth-order valence-electron chi connectivity index (χ4n) is 1.09. The van der Waals surface area contributed by atoms with Crippen LogP contribution in [0.5, 0.6) is 0 Å². The SMILES string of the molecule is CC(=O)CCSCC(=O)c1ccccc1. The van der Waals surface area contributed by atoms with Gasteiger partial charge in [-0.3, -0.25) is 9.59 Å². The van der Waals surface area contributed by atoms with Crippen molar-refractivity contribution in [1.82, 2.24) is 0 Å². The first-order chi connectivity index (χ1) is 7.20. The molecule has 0 aliphatic rings. The van der Waals surface area contributed by atoms with Crippen LogP contribution in [0.4, 0.5) is 0 Å². The predicted molar refractivity (Wildman–Crippen MR) is 63.4 cm³/mol. The molecule has 1 aromatic carbocycles. The molecule has 80 valence electrons. The van der Waals surface area contributed by atoms with Gasteiger partial charge in [0.2, 0.25) is 0 Å². The van der Waals surface area contributed by atoms with Gasteiger partial charge in [-0.15, -0.1) is 0 Å². The molecule has 0 aliphatic carbocycles. The molecular weight excluding hydrogens is 208 g/mol. The summed E-state index contributed by atoms with van der Waals surface area (Å²) in [5.41, 5.74) is 0.743. The number of hydrogen-bond acceptors (Lipinski definition) is 3. The third kappa shape index (κ3) is 4.79. The molecule has 0 fully saturated rings. The van der Waals surface area contributed by atoms with Crippen molar-refractivity contribution in [2.45, 2.75) is 13.3 Å². The quantitative estimate of drug-likeness (QED) is 0.548. The van der Waals surface area contributed by atoms with Crippen LogP contribution in [0, 0.1) is 0 Å². The molecular formula is C12H14O2S. The lowest BCUT2D eigenvalue weighted by Gasteiger charge is -2.00. The highest BCUT2D eigenvalue weighted by molar-refractivity contribution is 8.00. The maximum absolute atomic E-state index is 11.6. The zero-order valence-corrected chi connectivity index (χ0v) is 9.55. The number of hydrogen-bond donors (Lipinski definition) is 0. The van der Waals surface area contributed by atoms with Gasteiger partial charge in [-0.25, -0.2) is 0 Å². The maximum Gasteiger partial charge on any atom is 0.172 e. The van der Waals surface area contributed by atoms with Gasteiger partial charge in [-0.05, 0) is 6.92 Å². The Hall–Kier alpha value is -1.09. The molecule has 1 rings (SSSR count). The second kappa shape index (κ2) is 6.40. The molecule has 0 radical (unpaired) electrons. The highest BCUT2D eigenvalue weighted by Crippen LogP contribution is 2.08. The summed E-state index contributed by atoms with van der Waals surface area (Å²) in [7, 11) is 0. The fraction of sp³-hybridized carbons (Fsp3) is 0.333. The van der Waals surface area contributed by atoms with E-state index in [1.54, 1.807) is 6.92 Å². The van der Waals surface area contributed by atoms with Gasteiger partial charge in [0.05, 0.1) is 5.75 Å². The number of Topliss-reactive ketones (excluding diaryl/α,β-unsaturated/α-hetero) is 2. The first kappa shape index (κ1) is 12.0. The molecule has 0 aromatic heterocycles. The van der Waals surface area contributed by atoms with Crippen molar-refractivity contribution >= 4 is 23.3 Å². The van der Waals surface area contributed by atoms with E-state index in [4.69, 9.17) is 0 Å². The van der Waals surface area contributed by atoms with E-state index in [0.717, 1.165) is 11.3 Å². The Morgan fingerprint density at radius 3 is 2.47 bits per heavy atom. The number of rotatable bonds is 6. The minimum Gasteiger partial charge on any atom is -0.300 e. The largest absolute Gasteiger partial charge is 0.300 e. The summed E-state index contributed by atoms with van der Waals surface area (Å²) in [5, 5.41) is 0. The smallest absolute Gasteiger partial charge is 0.172 e. The van der Waals surface area contributed by atoms with E-state index in [1.807, 2.05) is 30.3 Å². The van der Waals surface area contributed by atoms with Crippen molar-refractivity contribution in [1.29, 1.82) is 0 Å². The molecule has 0 amide bonds. The normalized spacial score (nSPS) is 9.93. The van der Waals surface area contributed by atoms with Crippen LogP contribution in [0.25, 0.3) is 0 Å². The topological polar surface area (TPSA) is 34.1 Å². The summed E-state index contributed by atoms with van der Waals surface area (Å²) < 4.78 is 0. The molecule has 1 aromatic rings. The van der Waals surface area contributed by atoms with Crippen LogP contribution in [-0.2, 0) is 4.79 Å². The lowest BCUT2D eigenvalue weighted by atomic mass is 10.2. The average Bonchev–Trinajstić information content (AvgIpc) is 2.25. The number of carbonyl (C=O) groups is 2. The van der Waals surface area contributed by atoms with Gasteiger partial charge in [0.25, 0.3) is 0 Å². The molecule has 0 saturated carbocycles. The predicted octanol–water partition coefficient (Wildman–Crippen LogP) is 2.58. The molecule has 2 nitrogen and oxygen atoms in total. The Morgan fingerprint density at radius 2 is 1.87 bits per heavy atom. The van der Waals surface area contributed by atoms with Crippen LogP contribution >= 0.6 is 11.8 Å². The van der Waals surface area contributed by atoms with E-state index in [-0.39, 0.29) is 11.6 Å². The second-order valence-corrected chi connectivity index (χ2v) is 4.40. The number of benzene rings is 1. The lowest BCUT2D eigenvalue weighted by molar-refractivity contribution is -0.116. The summed E-state index contributed by atoms with van der Waals surface area (Å²) in [4.78, 5) is 22.2. The first-order valence-corrected chi connectivity index (χ1v) is 6.01. The minimum absolute atomic E-state index is 0.129. The number of thioether (sulfide) groups is 1. The highest BCUT2D eigenvalue weighted by Gasteiger charge is 2.04. The summed E-state index contributed by atoms with van der Waals surface area (Å²) >= 11 is 1.51. The van der Waals surface area contributed by atoms with E-state index in [0.29, 0.717) is 12.2 Å². The third-order valence-corrected chi connectivity index (χ3v) is 2.89. The Balaban J connectivity index is 2.28. The summed E-state index contributed by atoms with van der Waals surface area (Å²) in [6.45, 7) is 1.57. The van der Waals surface area contributed by atoms with E-state index in [9.17, 15) is 9.59 Å². The molecule has 0 bridgehead atoms. The van der Waals surface area contributed by atoms with Crippen molar-refractivity contribution in [3.63, 3.8) is 0 Å². The molecule has 0 saturated heterocycles. The van der Waals surface area contributed by atoms with Gasteiger partial charge in [0.15, 0.2) is 5.78 Å². The van der Waals surface area contributed by atoms with Crippen molar-refractivity contribution < 1.29 is 9.59 Å². The number of carbonyl (C=O) groups excluding carboxylic acids is 2. The van der Waals surface area contributed by atoms with Crippen LogP contribution in [0.2, 0.25) is 0 Å². The van der Waals surface area contributed by atoms with Crippen LogP contribution < -0.4 is 0 Å². The molecule has 0 atom stereocenters. The van der Waals surface area contributed by atoms with Crippen LogP contribution in [0.15, 0.2) is 30.3 Å². The average molecular weight is 222 g/mol. The molecule has 0 N–H and O–H groups in total. The van der Waals surface area contributed by atoms with E-state index in [2.05, 4.69) is 0 Å². The van der Waals surface area contributed by atoms with Crippen molar-refractivity contribution in [2.24, 2.45) is 0 Å². The Kier molecular flexibility index (Phi) is 5.12. The van der Waals surface area contributed by atoms with Crippen LogP contribution in [-0.4, -0.2) is 23.1 Å². The molecule has 0 aliphatic heterocycles. The van der Waals surface area contributed by atoms with Crippen LogP contribution in [0.1, 0.15) is 23.7 Å². The van der Waals surface area contributed by atoms with Crippen molar-refractivity contribution in [3.05, 3.63) is 35.9 Å². The lowest BCUT2D eigenvalue weighted by Crippen LogP contribution is -2.03. The highest BCUT2D eigenvalue weighted by atomic mass is 32.2. The molecule has 3 heteroatoms. The van der Waals surface area contributed by atoms with Crippen molar-refractivity contribution in [2.75, 3.05) is 11.5 Å². The van der Waals surface area contributed by atoms with Crippen molar-refractivity contribution in [3.8, 4) is 0 Å². The summed E-state index contributed by atoms with van der Waals surface area (Å²) in [6.07, 6.45) is 0.548. The van der Waals surface area contributed by atoms with Gasteiger partial charge in [0.1, 0.15) is 5.78 Å². The first-order valence-electron chi connectivity index (χ1n) is 4.85. The monoisotopic (exact) mass is 222 g/mol. The number of ketones is 2. The molecule has 0 spiro atoms. The summed E-state index contributed by atoms with van der Waals surface area (Å²) in [6, 6.07) is 9.22. The van der Waals surface area contributed by atoms with E-state index in [1.165, 1.54) is 11.8 Å². The Bertz CT molecular complexity index is 333. The molecule has 0 unspecified atom stereocenters. The van der Waals surface area contributed by atoms with E-state index < -0.39 is 0 Å². The Morgan fingerprint density at radius 1 is 1.20 bits per heavy atom. The van der Waals surface area contributed by atoms with E-state index >= 15 is 0 Å².